The highest BCUT2D eigenvalue weighted by Crippen LogP contribution is 2.36. The summed E-state index contributed by atoms with van der Waals surface area (Å²) in [7, 11) is 0. The summed E-state index contributed by atoms with van der Waals surface area (Å²) in [5, 5.41) is 0. The van der Waals surface area contributed by atoms with Crippen LogP contribution >= 0.6 is 0 Å². The number of benzene rings is 1. The van der Waals surface area contributed by atoms with Crippen LogP contribution < -0.4 is 5.56 Å². The average molecular weight is 432 g/mol. The molecule has 1 amide bonds. The molecule has 1 aromatic heterocycles. The number of amides is 1. The third-order valence-electron chi connectivity index (χ3n) is 5.86. The molecule has 0 spiro atoms. The van der Waals surface area contributed by atoms with E-state index in [0.717, 1.165) is 6.07 Å². The summed E-state index contributed by atoms with van der Waals surface area (Å²) in [6.07, 6.45) is -2.42. The highest BCUT2D eigenvalue weighted by Gasteiger charge is 2.39. The Hall–Kier alpha value is -2.90. The standard InChI is InChI=1S/C23H23F3N2O3/c1-22(2)10-18-15(19(29)11-22)9-16(20(30)27-18)21(31)28(14-7-8-14)12-13-5-3-4-6-17(13)23(24,25)26/h3-6,9,14H,7-8,10-12H2,1-2H3,(H,27,30). The number of carbonyl (C=O) groups is 2. The molecule has 1 saturated carbocycles. The molecule has 2 aliphatic rings. The minimum Gasteiger partial charge on any atom is -0.331 e. The first-order chi connectivity index (χ1) is 14.5. The molecule has 4 rings (SSSR count). The molecule has 1 aromatic carbocycles. The Morgan fingerprint density at radius 1 is 1.16 bits per heavy atom. The molecule has 2 aliphatic carbocycles. The van der Waals surface area contributed by atoms with Crippen molar-refractivity contribution in [1.82, 2.24) is 9.88 Å². The molecule has 0 saturated heterocycles. The van der Waals surface area contributed by atoms with Crippen molar-refractivity contribution in [1.29, 1.82) is 0 Å². The lowest BCUT2D eigenvalue weighted by molar-refractivity contribution is -0.138. The van der Waals surface area contributed by atoms with Crippen molar-refractivity contribution in [3.8, 4) is 0 Å². The molecule has 1 heterocycles. The van der Waals surface area contributed by atoms with Gasteiger partial charge in [0.25, 0.3) is 11.5 Å². The molecular weight excluding hydrogens is 409 g/mol. The number of alkyl halides is 3. The maximum absolute atomic E-state index is 13.4. The van der Waals surface area contributed by atoms with Crippen molar-refractivity contribution in [2.24, 2.45) is 5.41 Å². The van der Waals surface area contributed by atoms with Gasteiger partial charge < -0.3 is 9.88 Å². The van der Waals surface area contributed by atoms with Crippen LogP contribution in [-0.4, -0.2) is 27.6 Å². The normalized spacial score (nSPS) is 17.9. The van der Waals surface area contributed by atoms with Gasteiger partial charge in [-0.05, 0) is 42.4 Å². The van der Waals surface area contributed by atoms with Crippen LogP contribution in [0, 0.1) is 5.41 Å². The Kier molecular flexibility index (Phi) is 5.06. The summed E-state index contributed by atoms with van der Waals surface area (Å²) in [5.74, 6) is -0.807. The van der Waals surface area contributed by atoms with Gasteiger partial charge in [0.2, 0.25) is 0 Å². The molecule has 0 aliphatic heterocycles. The minimum absolute atomic E-state index is 0.0255. The SMILES string of the molecule is CC1(C)CC(=O)c2cc(C(=O)N(Cc3ccccc3C(F)(F)F)C3CC3)c(=O)[nH]c2C1. The van der Waals surface area contributed by atoms with Crippen molar-refractivity contribution in [3.63, 3.8) is 0 Å². The van der Waals surface area contributed by atoms with E-state index in [9.17, 15) is 27.6 Å². The second kappa shape index (κ2) is 7.35. The molecule has 2 aromatic rings. The molecule has 31 heavy (non-hydrogen) atoms. The van der Waals surface area contributed by atoms with Crippen LogP contribution in [0.1, 0.15) is 70.6 Å². The largest absolute Gasteiger partial charge is 0.416 e. The first-order valence-corrected chi connectivity index (χ1v) is 10.2. The van der Waals surface area contributed by atoms with Gasteiger partial charge in [0, 0.05) is 30.3 Å². The maximum atomic E-state index is 13.4. The topological polar surface area (TPSA) is 70.2 Å². The van der Waals surface area contributed by atoms with Gasteiger partial charge in [0.05, 0.1) is 5.56 Å². The number of carbonyl (C=O) groups excluding carboxylic acids is 2. The number of aromatic nitrogens is 1. The number of rotatable bonds is 4. The zero-order chi connectivity index (χ0) is 22.6. The fraction of sp³-hybridized carbons (Fsp3) is 0.435. The number of aromatic amines is 1. The van der Waals surface area contributed by atoms with Gasteiger partial charge in [-0.1, -0.05) is 32.0 Å². The van der Waals surface area contributed by atoms with Crippen LogP contribution in [0.5, 0.6) is 0 Å². The van der Waals surface area contributed by atoms with Crippen molar-refractivity contribution >= 4 is 11.7 Å². The van der Waals surface area contributed by atoms with E-state index >= 15 is 0 Å². The fourth-order valence-corrected chi connectivity index (χ4v) is 4.21. The predicted molar refractivity (Wildman–Crippen MR) is 108 cm³/mol. The summed E-state index contributed by atoms with van der Waals surface area (Å²) in [6, 6.07) is 6.21. The molecular formula is C23H23F3N2O3. The number of halogens is 3. The van der Waals surface area contributed by atoms with Gasteiger partial charge in [0.15, 0.2) is 5.78 Å². The monoisotopic (exact) mass is 432 g/mol. The van der Waals surface area contributed by atoms with Crippen LogP contribution in [0.25, 0.3) is 0 Å². The van der Waals surface area contributed by atoms with E-state index in [-0.39, 0.29) is 34.9 Å². The van der Waals surface area contributed by atoms with E-state index in [1.54, 1.807) is 0 Å². The number of hydrogen-bond donors (Lipinski definition) is 1. The Bertz CT molecular complexity index is 1110. The number of nitrogens with zero attached hydrogens (tertiary/aromatic N) is 1. The van der Waals surface area contributed by atoms with Gasteiger partial charge >= 0.3 is 6.18 Å². The molecule has 1 N–H and O–H groups in total. The van der Waals surface area contributed by atoms with Crippen LogP contribution in [0.4, 0.5) is 13.2 Å². The smallest absolute Gasteiger partial charge is 0.331 e. The van der Waals surface area contributed by atoms with Crippen molar-refractivity contribution < 1.29 is 22.8 Å². The molecule has 0 bridgehead atoms. The van der Waals surface area contributed by atoms with Gasteiger partial charge in [-0.2, -0.15) is 13.2 Å². The molecule has 8 heteroatoms. The predicted octanol–water partition coefficient (Wildman–Crippen LogP) is 4.35. The number of ketones is 1. The highest BCUT2D eigenvalue weighted by molar-refractivity contribution is 6.02. The lowest BCUT2D eigenvalue weighted by atomic mass is 9.75. The number of fused-ring (bicyclic) bond motifs is 1. The zero-order valence-corrected chi connectivity index (χ0v) is 17.3. The van der Waals surface area contributed by atoms with E-state index in [1.807, 2.05) is 13.8 Å². The summed E-state index contributed by atoms with van der Waals surface area (Å²) in [5.41, 5.74) is -1.13. The molecule has 5 nitrogen and oxygen atoms in total. The van der Waals surface area contributed by atoms with Crippen LogP contribution in [0.15, 0.2) is 35.1 Å². The maximum Gasteiger partial charge on any atom is 0.416 e. The van der Waals surface area contributed by atoms with E-state index < -0.39 is 23.2 Å². The van der Waals surface area contributed by atoms with Crippen molar-refractivity contribution in [2.45, 2.75) is 58.3 Å². The minimum atomic E-state index is -4.54. The van der Waals surface area contributed by atoms with Crippen molar-refractivity contribution in [3.05, 3.63) is 68.6 Å². The second-order valence-electron chi connectivity index (χ2n) is 9.16. The number of H-pyrrole nitrogens is 1. The highest BCUT2D eigenvalue weighted by atomic mass is 19.4. The Morgan fingerprint density at radius 2 is 1.84 bits per heavy atom. The van der Waals surface area contributed by atoms with Gasteiger partial charge in [-0.3, -0.25) is 14.4 Å². The van der Waals surface area contributed by atoms with E-state index in [1.165, 1.54) is 29.2 Å². The zero-order valence-electron chi connectivity index (χ0n) is 17.3. The third kappa shape index (κ3) is 4.29. The molecule has 164 valence electrons. The Balaban J connectivity index is 1.69. The number of pyridine rings is 1. The second-order valence-corrected chi connectivity index (χ2v) is 9.16. The summed E-state index contributed by atoms with van der Waals surface area (Å²) >= 11 is 0. The van der Waals surface area contributed by atoms with E-state index in [4.69, 9.17) is 0 Å². The number of Topliss-reactive ketones (excluding diaryl/α,β-unsaturated/α-hetero) is 1. The molecule has 0 atom stereocenters. The number of nitrogens with one attached hydrogen (secondary N) is 1. The van der Waals surface area contributed by atoms with Crippen LogP contribution in [-0.2, 0) is 19.1 Å². The molecule has 0 unspecified atom stereocenters. The van der Waals surface area contributed by atoms with Gasteiger partial charge in [-0.15, -0.1) is 0 Å². The van der Waals surface area contributed by atoms with Gasteiger partial charge in [0.1, 0.15) is 5.56 Å². The van der Waals surface area contributed by atoms with Crippen LogP contribution in [0.3, 0.4) is 0 Å². The first-order valence-electron chi connectivity index (χ1n) is 10.2. The summed E-state index contributed by atoms with van der Waals surface area (Å²) in [6.45, 7) is 3.60. The molecule has 0 radical (unpaired) electrons. The number of hydrogen-bond acceptors (Lipinski definition) is 3. The van der Waals surface area contributed by atoms with E-state index in [0.29, 0.717) is 36.9 Å². The summed E-state index contributed by atoms with van der Waals surface area (Å²) in [4.78, 5) is 42.5. The average Bonchev–Trinajstić information content (AvgIpc) is 3.48. The third-order valence-corrected chi connectivity index (χ3v) is 5.86. The quantitative estimate of drug-likeness (QED) is 0.781. The van der Waals surface area contributed by atoms with Crippen molar-refractivity contribution in [2.75, 3.05) is 0 Å². The van der Waals surface area contributed by atoms with E-state index in [2.05, 4.69) is 4.98 Å². The van der Waals surface area contributed by atoms with Crippen LogP contribution in [0.2, 0.25) is 0 Å². The molecule has 1 fully saturated rings. The fourth-order valence-electron chi connectivity index (χ4n) is 4.21. The first kappa shape index (κ1) is 21.3. The lowest BCUT2D eigenvalue weighted by Gasteiger charge is -2.30. The Morgan fingerprint density at radius 3 is 2.48 bits per heavy atom. The lowest BCUT2D eigenvalue weighted by Crippen LogP contribution is -2.38. The summed E-state index contributed by atoms with van der Waals surface area (Å²) < 4.78 is 40.2. The van der Waals surface area contributed by atoms with Gasteiger partial charge in [-0.25, -0.2) is 0 Å². The Labute approximate surface area is 177 Å².